The first-order chi connectivity index (χ1) is 9.71. The summed E-state index contributed by atoms with van der Waals surface area (Å²) in [6.45, 7) is 0. The molecule has 20 heavy (non-hydrogen) atoms. The van der Waals surface area contributed by atoms with Crippen LogP contribution >= 0.6 is 0 Å². The van der Waals surface area contributed by atoms with Gasteiger partial charge in [-0.2, -0.15) is 0 Å². The molecule has 2 N–H and O–H groups in total. The molecule has 3 aromatic rings. The lowest BCUT2D eigenvalue weighted by atomic mass is 10.1. The van der Waals surface area contributed by atoms with Crippen molar-refractivity contribution >= 4 is 11.3 Å². The SMILES string of the molecule is CNc1ccn2cc(-c3ccc(O)c(OC)c3)nc2c1. The Labute approximate surface area is 116 Å². The Morgan fingerprint density at radius 3 is 2.85 bits per heavy atom. The van der Waals surface area contributed by atoms with Gasteiger partial charge in [0.1, 0.15) is 5.65 Å². The second-order valence-corrected chi connectivity index (χ2v) is 4.44. The number of benzene rings is 1. The Morgan fingerprint density at radius 1 is 1.25 bits per heavy atom. The van der Waals surface area contributed by atoms with Crippen molar-refractivity contribution in [2.45, 2.75) is 0 Å². The van der Waals surface area contributed by atoms with Crippen LogP contribution in [0.2, 0.25) is 0 Å². The molecular formula is C15H15N3O2. The van der Waals surface area contributed by atoms with E-state index in [1.54, 1.807) is 12.1 Å². The van der Waals surface area contributed by atoms with Gasteiger partial charge >= 0.3 is 0 Å². The van der Waals surface area contributed by atoms with Gasteiger partial charge in [-0.15, -0.1) is 0 Å². The molecule has 2 aromatic heterocycles. The third kappa shape index (κ3) is 2.03. The minimum absolute atomic E-state index is 0.123. The van der Waals surface area contributed by atoms with E-state index in [4.69, 9.17) is 4.74 Å². The van der Waals surface area contributed by atoms with E-state index in [9.17, 15) is 5.11 Å². The number of methoxy groups -OCH3 is 1. The molecule has 5 heteroatoms. The summed E-state index contributed by atoms with van der Waals surface area (Å²) in [7, 11) is 3.40. The highest BCUT2D eigenvalue weighted by molar-refractivity contribution is 5.67. The molecule has 0 saturated heterocycles. The molecule has 0 amide bonds. The fraction of sp³-hybridized carbons (Fsp3) is 0.133. The average molecular weight is 269 g/mol. The van der Waals surface area contributed by atoms with E-state index in [1.807, 2.05) is 42.0 Å². The second kappa shape index (κ2) is 4.77. The van der Waals surface area contributed by atoms with Gasteiger partial charge in [0.05, 0.1) is 12.8 Å². The van der Waals surface area contributed by atoms with Crippen molar-refractivity contribution in [3.8, 4) is 22.8 Å². The highest BCUT2D eigenvalue weighted by atomic mass is 16.5. The number of nitrogens with zero attached hydrogens (tertiary/aromatic N) is 2. The summed E-state index contributed by atoms with van der Waals surface area (Å²) in [6, 6.07) is 9.16. The van der Waals surface area contributed by atoms with Crippen LogP contribution in [0.5, 0.6) is 11.5 Å². The summed E-state index contributed by atoms with van der Waals surface area (Å²) >= 11 is 0. The first kappa shape index (κ1) is 12.3. The molecule has 0 atom stereocenters. The van der Waals surface area contributed by atoms with Crippen LogP contribution < -0.4 is 10.1 Å². The van der Waals surface area contributed by atoms with Crippen LogP contribution in [0.1, 0.15) is 0 Å². The van der Waals surface area contributed by atoms with Crippen LogP contribution in [0.4, 0.5) is 5.69 Å². The minimum Gasteiger partial charge on any atom is -0.504 e. The van der Waals surface area contributed by atoms with Gasteiger partial charge in [-0.3, -0.25) is 0 Å². The van der Waals surface area contributed by atoms with E-state index in [0.29, 0.717) is 5.75 Å². The zero-order chi connectivity index (χ0) is 14.1. The molecule has 102 valence electrons. The van der Waals surface area contributed by atoms with Gasteiger partial charge in [0.25, 0.3) is 0 Å². The number of nitrogens with one attached hydrogen (secondary N) is 1. The number of aromatic nitrogens is 2. The number of imidazole rings is 1. The molecule has 5 nitrogen and oxygen atoms in total. The quantitative estimate of drug-likeness (QED) is 0.767. The lowest BCUT2D eigenvalue weighted by Gasteiger charge is -2.04. The van der Waals surface area contributed by atoms with Gasteiger partial charge in [-0.25, -0.2) is 4.98 Å². The number of pyridine rings is 1. The number of aromatic hydroxyl groups is 1. The lowest BCUT2D eigenvalue weighted by molar-refractivity contribution is 0.373. The molecule has 0 radical (unpaired) electrons. The lowest BCUT2D eigenvalue weighted by Crippen LogP contribution is -1.89. The molecule has 0 fully saturated rings. The molecule has 0 bridgehead atoms. The number of hydrogen-bond donors (Lipinski definition) is 2. The third-order valence-electron chi connectivity index (χ3n) is 3.22. The van der Waals surface area contributed by atoms with Crippen LogP contribution in [-0.4, -0.2) is 28.6 Å². The smallest absolute Gasteiger partial charge is 0.161 e. The molecule has 0 unspecified atom stereocenters. The molecule has 0 aliphatic heterocycles. The maximum absolute atomic E-state index is 9.63. The van der Waals surface area contributed by atoms with Crippen LogP contribution in [0.15, 0.2) is 42.7 Å². The standard InChI is InChI=1S/C15H15N3O2/c1-16-11-5-6-18-9-12(17-15(18)8-11)10-3-4-13(19)14(7-10)20-2/h3-9,16,19H,1-2H3. The van der Waals surface area contributed by atoms with Crippen molar-refractivity contribution in [2.24, 2.45) is 0 Å². The summed E-state index contributed by atoms with van der Waals surface area (Å²) in [5.41, 5.74) is 3.60. The van der Waals surface area contributed by atoms with E-state index in [2.05, 4.69) is 10.3 Å². The van der Waals surface area contributed by atoms with E-state index >= 15 is 0 Å². The predicted octanol–water partition coefficient (Wildman–Crippen LogP) is 2.76. The maximum Gasteiger partial charge on any atom is 0.161 e. The number of hydrogen-bond acceptors (Lipinski definition) is 4. The van der Waals surface area contributed by atoms with Crippen molar-refractivity contribution in [1.29, 1.82) is 0 Å². The highest BCUT2D eigenvalue weighted by Gasteiger charge is 2.08. The predicted molar refractivity (Wildman–Crippen MR) is 78.4 cm³/mol. The van der Waals surface area contributed by atoms with Crippen LogP contribution in [-0.2, 0) is 0 Å². The molecule has 0 aliphatic rings. The Hall–Kier alpha value is -2.69. The molecule has 2 heterocycles. The van der Waals surface area contributed by atoms with E-state index in [0.717, 1.165) is 22.6 Å². The number of phenols is 1. The van der Waals surface area contributed by atoms with E-state index in [1.165, 1.54) is 7.11 Å². The van der Waals surface area contributed by atoms with Gasteiger partial charge in [-0.05, 0) is 24.3 Å². The monoisotopic (exact) mass is 269 g/mol. The Morgan fingerprint density at radius 2 is 2.10 bits per heavy atom. The Balaban J connectivity index is 2.09. The largest absolute Gasteiger partial charge is 0.504 e. The zero-order valence-electron chi connectivity index (χ0n) is 11.3. The van der Waals surface area contributed by atoms with Gasteiger partial charge in [-0.1, -0.05) is 0 Å². The van der Waals surface area contributed by atoms with Crippen molar-refractivity contribution in [3.05, 3.63) is 42.7 Å². The normalized spacial score (nSPS) is 10.7. The minimum atomic E-state index is 0.123. The first-order valence-electron chi connectivity index (χ1n) is 6.25. The molecule has 0 saturated carbocycles. The van der Waals surface area contributed by atoms with Crippen molar-refractivity contribution in [3.63, 3.8) is 0 Å². The van der Waals surface area contributed by atoms with Crippen LogP contribution in [0, 0.1) is 0 Å². The molecule has 3 rings (SSSR count). The van der Waals surface area contributed by atoms with Gasteiger partial charge < -0.3 is 19.6 Å². The molecular weight excluding hydrogens is 254 g/mol. The van der Waals surface area contributed by atoms with Gasteiger partial charge in [0, 0.05) is 36.8 Å². The number of phenolic OH excluding ortho intramolecular Hbond substituents is 1. The van der Waals surface area contributed by atoms with Crippen LogP contribution in [0.3, 0.4) is 0 Å². The number of rotatable bonds is 3. The second-order valence-electron chi connectivity index (χ2n) is 4.44. The van der Waals surface area contributed by atoms with Crippen LogP contribution in [0.25, 0.3) is 16.9 Å². The summed E-state index contributed by atoms with van der Waals surface area (Å²) in [5, 5.41) is 12.7. The first-order valence-corrected chi connectivity index (χ1v) is 6.25. The van der Waals surface area contributed by atoms with Gasteiger partial charge in [0.15, 0.2) is 11.5 Å². The van der Waals surface area contributed by atoms with E-state index in [-0.39, 0.29) is 5.75 Å². The summed E-state index contributed by atoms with van der Waals surface area (Å²) < 4.78 is 7.08. The Bertz CT molecular complexity index is 765. The van der Waals surface area contributed by atoms with Crippen molar-refractivity contribution in [1.82, 2.24) is 9.38 Å². The summed E-state index contributed by atoms with van der Waals surface area (Å²) in [6.07, 6.45) is 3.90. The third-order valence-corrected chi connectivity index (χ3v) is 3.22. The number of anilines is 1. The highest BCUT2D eigenvalue weighted by Crippen LogP contribution is 2.31. The average Bonchev–Trinajstić information content (AvgIpc) is 2.90. The topological polar surface area (TPSA) is 58.8 Å². The molecule has 0 spiro atoms. The summed E-state index contributed by atoms with van der Waals surface area (Å²) in [5.74, 6) is 0.563. The molecule has 0 aliphatic carbocycles. The maximum atomic E-state index is 9.63. The fourth-order valence-electron chi connectivity index (χ4n) is 2.11. The Kier molecular flexibility index (Phi) is 2.95. The van der Waals surface area contributed by atoms with Gasteiger partial charge in [0.2, 0.25) is 0 Å². The number of ether oxygens (including phenoxy) is 1. The van der Waals surface area contributed by atoms with E-state index < -0.39 is 0 Å². The summed E-state index contributed by atoms with van der Waals surface area (Å²) in [4.78, 5) is 4.58. The zero-order valence-corrected chi connectivity index (χ0v) is 11.3. The fourth-order valence-corrected chi connectivity index (χ4v) is 2.11. The van der Waals surface area contributed by atoms with Crippen molar-refractivity contribution in [2.75, 3.05) is 19.5 Å². The molecule has 1 aromatic carbocycles. The van der Waals surface area contributed by atoms with Crippen molar-refractivity contribution < 1.29 is 9.84 Å². The number of fused-ring (bicyclic) bond motifs is 1.